The molecule has 0 bridgehead atoms. The Labute approximate surface area is 175 Å². The van der Waals surface area contributed by atoms with Crippen molar-refractivity contribution in [1.29, 1.82) is 0 Å². The summed E-state index contributed by atoms with van der Waals surface area (Å²) in [6.07, 6.45) is 4.21. The maximum Gasteiger partial charge on any atom is 0.411 e. The molecule has 5 heteroatoms. The molecule has 0 radical (unpaired) electrons. The van der Waals surface area contributed by atoms with Gasteiger partial charge in [-0.05, 0) is 67.2 Å². The summed E-state index contributed by atoms with van der Waals surface area (Å²) in [5, 5.41) is 0. The van der Waals surface area contributed by atoms with E-state index in [-0.39, 0.29) is 23.8 Å². The fourth-order valence-corrected chi connectivity index (χ4v) is 5.87. The number of hydrogen-bond donors (Lipinski definition) is 0. The van der Waals surface area contributed by atoms with Crippen LogP contribution in [-0.2, 0) is 10.2 Å². The Morgan fingerprint density at radius 2 is 2.03 bits per heavy atom. The summed E-state index contributed by atoms with van der Waals surface area (Å²) < 4.78 is 11.6. The Kier molecular flexibility index (Phi) is 5.20. The number of rotatable bonds is 3. The van der Waals surface area contributed by atoms with E-state index in [0.717, 1.165) is 31.6 Å². The number of methoxy groups -OCH3 is 1. The van der Waals surface area contributed by atoms with Gasteiger partial charge in [0.25, 0.3) is 0 Å². The summed E-state index contributed by atoms with van der Waals surface area (Å²) in [6.45, 7) is 9.79. The molecule has 1 saturated heterocycles. The predicted octanol–water partition coefficient (Wildman–Crippen LogP) is 5.03. The zero-order valence-corrected chi connectivity index (χ0v) is 18.8. The molecule has 3 aliphatic rings. The normalized spacial score (nSPS) is 33.6. The molecule has 1 saturated carbocycles. The van der Waals surface area contributed by atoms with E-state index in [1.165, 1.54) is 17.7 Å². The summed E-state index contributed by atoms with van der Waals surface area (Å²) >= 11 is 0. The Balaban J connectivity index is 1.53. The van der Waals surface area contributed by atoms with Crippen LogP contribution in [0.15, 0.2) is 18.2 Å². The molecule has 0 spiro atoms. The second-order valence-electron chi connectivity index (χ2n) is 9.95. The van der Waals surface area contributed by atoms with Gasteiger partial charge in [-0.1, -0.05) is 27.7 Å². The van der Waals surface area contributed by atoms with Gasteiger partial charge in [-0.3, -0.25) is 4.90 Å². The van der Waals surface area contributed by atoms with Crippen molar-refractivity contribution in [2.24, 2.45) is 17.8 Å². The number of likely N-dealkylation sites (tertiary alicyclic amines) is 1. The molecule has 0 N–H and O–H groups in total. The first-order valence-corrected chi connectivity index (χ1v) is 11.1. The summed E-state index contributed by atoms with van der Waals surface area (Å²) in [4.78, 5) is 17.5. The minimum atomic E-state index is -0.147. The van der Waals surface area contributed by atoms with E-state index >= 15 is 0 Å². The van der Waals surface area contributed by atoms with Gasteiger partial charge in [-0.15, -0.1) is 0 Å². The number of carbonyl (C=O) groups excluding carboxylic acids is 1. The van der Waals surface area contributed by atoms with Crippen molar-refractivity contribution in [3.8, 4) is 5.75 Å². The molecule has 4 rings (SSSR count). The van der Waals surface area contributed by atoms with Crippen LogP contribution in [-0.4, -0.2) is 44.0 Å². The molecule has 1 aromatic carbocycles. The van der Waals surface area contributed by atoms with Crippen molar-refractivity contribution in [2.75, 3.05) is 25.6 Å². The quantitative estimate of drug-likeness (QED) is 0.713. The van der Waals surface area contributed by atoms with Gasteiger partial charge in [-0.25, -0.2) is 4.79 Å². The van der Waals surface area contributed by atoms with Crippen molar-refractivity contribution in [3.63, 3.8) is 0 Å². The second kappa shape index (κ2) is 7.41. The number of ether oxygens (including phenoxy) is 2. The molecule has 29 heavy (non-hydrogen) atoms. The molecular formula is C24H36N2O3. The van der Waals surface area contributed by atoms with Gasteiger partial charge in [0.2, 0.25) is 0 Å². The van der Waals surface area contributed by atoms with Crippen molar-refractivity contribution in [2.45, 2.75) is 71.1 Å². The maximum absolute atomic E-state index is 13.3. The molecule has 2 fully saturated rings. The van der Waals surface area contributed by atoms with Crippen LogP contribution < -0.4 is 9.64 Å². The zero-order chi connectivity index (χ0) is 20.9. The Morgan fingerprint density at radius 3 is 2.72 bits per heavy atom. The molecule has 5 atom stereocenters. The molecular weight excluding hydrogens is 364 g/mol. The number of fused-ring (bicyclic) bond motifs is 3. The van der Waals surface area contributed by atoms with Crippen LogP contribution in [0.3, 0.4) is 0 Å². The number of hydrogen-bond acceptors (Lipinski definition) is 4. The SMILES string of the molecule is COc1ccc2c(c1)C1(C)CCN(C(=O)OC3CC(C(C)C)CCC3C)C1N2C. The van der Waals surface area contributed by atoms with Gasteiger partial charge in [0.1, 0.15) is 18.0 Å². The number of anilines is 1. The molecule has 5 nitrogen and oxygen atoms in total. The fraction of sp³-hybridized carbons (Fsp3) is 0.708. The number of benzene rings is 1. The smallest absolute Gasteiger partial charge is 0.411 e. The zero-order valence-electron chi connectivity index (χ0n) is 18.8. The minimum Gasteiger partial charge on any atom is -0.497 e. The summed E-state index contributed by atoms with van der Waals surface area (Å²) in [5.74, 6) is 2.60. The van der Waals surface area contributed by atoms with Gasteiger partial charge >= 0.3 is 6.09 Å². The van der Waals surface area contributed by atoms with Crippen LogP contribution in [0, 0.1) is 17.8 Å². The van der Waals surface area contributed by atoms with Gasteiger partial charge in [-0.2, -0.15) is 0 Å². The molecule has 1 aromatic rings. The van der Waals surface area contributed by atoms with E-state index < -0.39 is 0 Å². The second-order valence-corrected chi connectivity index (χ2v) is 9.95. The summed E-state index contributed by atoms with van der Waals surface area (Å²) in [6, 6.07) is 6.24. The van der Waals surface area contributed by atoms with Gasteiger partial charge in [0.05, 0.1) is 7.11 Å². The Bertz CT molecular complexity index is 779. The lowest BCUT2D eigenvalue weighted by Crippen LogP contribution is -2.51. The first-order valence-electron chi connectivity index (χ1n) is 11.1. The summed E-state index contributed by atoms with van der Waals surface area (Å²) in [7, 11) is 3.79. The highest BCUT2D eigenvalue weighted by molar-refractivity contribution is 5.74. The van der Waals surface area contributed by atoms with Crippen LogP contribution in [0.2, 0.25) is 0 Å². The first-order chi connectivity index (χ1) is 13.8. The lowest BCUT2D eigenvalue weighted by atomic mass is 9.76. The third kappa shape index (κ3) is 3.27. The third-order valence-electron chi connectivity index (χ3n) is 7.90. The molecule has 2 heterocycles. The lowest BCUT2D eigenvalue weighted by Gasteiger charge is -2.38. The fourth-order valence-electron chi connectivity index (χ4n) is 5.87. The van der Waals surface area contributed by atoms with Crippen LogP contribution in [0.4, 0.5) is 10.5 Å². The predicted molar refractivity (Wildman–Crippen MR) is 115 cm³/mol. The number of amides is 1. The van der Waals surface area contributed by atoms with Gasteiger partial charge < -0.3 is 14.4 Å². The van der Waals surface area contributed by atoms with E-state index in [4.69, 9.17) is 9.47 Å². The molecule has 5 unspecified atom stereocenters. The van der Waals surface area contributed by atoms with Crippen LogP contribution in [0.5, 0.6) is 5.75 Å². The van der Waals surface area contributed by atoms with E-state index in [1.807, 2.05) is 11.0 Å². The van der Waals surface area contributed by atoms with E-state index in [9.17, 15) is 4.79 Å². The Hall–Kier alpha value is -1.91. The molecule has 0 aromatic heterocycles. The number of carbonyl (C=O) groups is 1. The number of likely N-dealkylation sites (N-methyl/N-ethyl adjacent to an activating group) is 1. The lowest BCUT2D eigenvalue weighted by molar-refractivity contribution is -0.00283. The van der Waals surface area contributed by atoms with Crippen molar-refractivity contribution < 1.29 is 14.3 Å². The summed E-state index contributed by atoms with van der Waals surface area (Å²) in [5.41, 5.74) is 2.35. The topological polar surface area (TPSA) is 42.0 Å². The minimum absolute atomic E-state index is 0.00287. The third-order valence-corrected chi connectivity index (χ3v) is 7.90. The van der Waals surface area contributed by atoms with Crippen LogP contribution >= 0.6 is 0 Å². The molecule has 1 aliphatic carbocycles. The highest BCUT2D eigenvalue weighted by Crippen LogP contribution is 2.52. The number of nitrogens with zero attached hydrogens (tertiary/aromatic N) is 2. The Morgan fingerprint density at radius 1 is 1.28 bits per heavy atom. The van der Waals surface area contributed by atoms with Gasteiger partial charge in [0.15, 0.2) is 0 Å². The average Bonchev–Trinajstić information content (AvgIpc) is 3.16. The highest BCUT2D eigenvalue weighted by atomic mass is 16.6. The monoisotopic (exact) mass is 400 g/mol. The maximum atomic E-state index is 13.3. The molecule has 160 valence electrons. The van der Waals surface area contributed by atoms with Crippen molar-refractivity contribution >= 4 is 11.8 Å². The van der Waals surface area contributed by atoms with Crippen LogP contribution in [0.25, 0.3) is 0 Å². The first kappa shape index (κ1) is 20.4. The standard InChI is InChI=1S/C24H36N2O3/c1-15(2)17-8-7-16(3)21(13-17)29-23(27)26-12-11-24(4)19-14-18(28-6)9-10-20(19)25(5)22(24)26/h9-10,14-17,21-22H,7-8,11-13H2,1-6H3. The molecule has 1 amide bonds. The average molecular weight is 401 g/mol. The van der Waals surface area contributed by atoms with E-state index in [1.54, 1.807) is 7.11 Å². The molecule has 2 aliphatic heterocycles. The van der Waals surface area contributed by atoms with Crippen LogP contribution in [0.1, 0.15) is 58.9 Å². The largest absolute Gasteiger partial charge is 0.497 e. The van der Waals surface area contributed by atoms with E-state index in [2.05, 4.69) is 51.8 Å². The highest BCUT2D eigenvalue weighted by Gasteiger charge is 2.55. The van der Waals surface area contributed by atoms with Crippen molar-refractivity contribution in [1.82, 2.24) is 4.90 Å². The van der Waals surface area contributed by atoms with Gasteiger partial charge in [0, 0.05) is 24.7 Å². The van der Waals surface area contributed by atoms with Crippen molar-refractivity contribution in [3.05, 3.63) is 23.8 Å². The van der Waals surface area contributed by atoms with E-state index in [0.29, 0.717) is 17.8 Å².